The Bertz CT molecular complexity index is 2420. The van der Waals surface area contributed by atoms with Crippen molar-refractivity contribution in [2.45, 2.75) is 0 Å². The maximum atomic E-state index is 13.6. The van der Waals surface area contributed by atoms with Crippen molar-refractivity contribution >= 4 is 57.2 Å². The minimum Gasteiger partial charge on any atom is -0.507 e. The number of fused-ring (bicyclic) bond motifs is 1. The molecular formula is C42H36N4O9. The van der Waals surface area contributed by atoms with E-state index in [0.717, 1.165) is 0 Å². The second-order valence-electron chi connectivity index (χ2n) is 12.0. The van der Waals surface area contributed by atoms with E-state index in [9.17, 15) is 24.3 Å². The maximum Gasteiger partial charge on any atom is 0.259 e. The lowest BCUT2D eigenvalue weighted by Gasteiger charge is -2.16. The first kappa shape index (κ1) is 37.2. The SMILES string of the molecule is COc1cc(C(=O)Nc2ccccc2)c(OC)cc1NC(=O)c1ccc2cc(O)c(C(=O)Nc3cc(OC)c(C(=O)Nc4ccccc4)cc3OC)cc2c1. The lowest BCUT2D eigenvalue weighted by molar-refractivity contribution is 0.101. The van der Waals surface area contributed by atoms with Crippen LogP contribution in [0.2, 0.25) is 0 Å². The van der Waals surface area contributed by atoms with Gasteiger partial charge in [0.15, 0.2) is 0 Å². The third-order valence-electron chi connectivity index (χ3n) is 8.55. The molecule has 0 aliphatic carbocycles. The number of amides is 4. The molecule has 13 nitrogen and oxygen atoms in total. The van der Waals surface area contributed by atoms with Gasteiger partial charge in [-0.25, -0.2) is 0 Å². The quantitative estimate of drug-likeness (QED) is 0.0847. The average molecular weight is 741 g/mol. The van der Waals surface area contributed by atoms with E-state index >= 15 is 0 Å². The lowest BCUT2D eigenvalue weighted by atomic mass is 10.0. The van der Waals surface area contributed by atoms with Crippen LogP contribution < -0.4 is 40.2 Å². The van der Waals surface area contributed by atoms with Crippen molar-refractivity contribution in [2.75, 3.05) is 49.7 Å². The van der Waals surface area contributed by atoms with E-state index < -0.39 is 23.6 Å². The molecule has 0 unspecified atom stereocenters. The molecule has 0 aromatic heterocycles. The minimum atomic E-state index is -0.690. The molecule has 5 N–H and O–H groups in total. The van der Waals surface area contributed by atoms with Gasteiger partial charge >= 0.3 is 0 Å². The predicted molar refractivity (Wildman–Crippen MR) is 209 cm³/mol. The Morgan fingerprint density at radius 3 is 1.36 bits per heavy atom. The first-order valence-corrected chi connectivity index (χ1v) is 16.8. The molecule has 278 valence electrons. The number of carbonyl (C=O) groups excluding carboxylic acids is 4. The van der Waals surface area contributed by atoms with Crippen LogP contribution in [0.4, 0.5) is 22.7 Å². The molecule has 6 aromatic rings. The zero-order chi connectivity index (χ0) is 39.1. The smallest absolute Gasteiger partial charge is 0.259 e. The molecule has 0 atom stereocenters. The maximum absolute atomic E-state index is 13.6. The van der Waals surface area contributed by atoms with Gasteiger partial charge in [-0.1, -0.05) is 42.5 Å². The molecular weight excluding hydrogens is 704 g/mol. The summed E-state index contributed by atoms with van der Waals surface area (Å²) < 4.78 is 22.0. The first-order valence-electron chi connectivity index (χ1n) is 16.8. The number of rotatable bonds is 12. The second-order valence-corrected chi connectivity index (χ2v) is 12.0. The van der Waals surface area contributed by atoms with E-state index in [4.69, 9.17) is 18.9 Å². The van der Waals surface area contributed by atoms with Crippen molar-refractivity contribution in [1.29, 1.82) is 0 Å². The molecule has 0 heterocycles. The number of phenols is 1. The summed E-state index contributed by atoms with van der Waals surface area (Å²) in [4.78, 5) is 53.3. The minimum absolute atomic E-state index is 0.0900. The standard InChI is InChI=1S/C42H36N4O9/c1-52-35-22-32(37(54-3)20-30(35)41(50)43-27-11-7-5-8-12-27)45-39(48)25-16-15-24-19-34(47)29(18-26(24)17-25)40(49)46-33-23-36(53-2)31(21-38(33)55-4)42(51)44-28-13-9-6-10-14-28/h5-23,47H,1-4H3,(H,43,50)(H,44,51)(H,45,48)(H,46,49). The molecule has 13 heteroatoms. The van der Waals surface area contributed by atoms with E-state index in [1.54, 1.807) is 66.7 Å². The van der Waals surface area contributed by atoms with Crippen LogP contribution in [0, 0.1) is 0 Å². The van der Waals surface area contributed by atoms with Crippen molar-refractivity contribution in [1.82, 2.24) is 0 Å². The van der Waals surface area contributed by atoms with Crippen molar-refractivity contribution in [3.63, 3.8) is 0 Å². The fourth-order valence-electron chi connectivity index (χ4n) is 5.78. The largest absolute Gasteiger partial charge is 0.507 e. The van der Waals surface area contributed by atoms with E-state index in [1.807, 2.05) is 12.1 Å². The lowest BCUT2D eigenvalue weighted by Crippen LogP contribution is -2.16. The van der Waals surface area contributed by atoms with Crippen LogP contribution in [0.15, 0.2) is 115 Å². The molecule has 0 spiro atoms. The summed E-state index contributed by atoms with van der Waals surface area (Å²) in [6, 6.07) is 31.3. The highest BCUT2D eigenvalue weighted by atomic mass is 16.5. The van der Waals surface area contributed by atoms with Gasteiger partial charge in [0.25, 0.3) is 23.6 Å². The van der Waals surface area contributed by atoms with Crippen LogP contribution in [-0.4, -0.2) is 57.2 Å². The van der Waals surface area contributed by atoms with Gasteiger partial charge in [0.05, 0.1) is 56.5 Å². The van der Waals surface area contributed by atoms with Crippen molar-refractivity contribution in [2.24, 2.45) is 0 Å². The van der Waals surface area contributed by atoms with E-state index in [-0.39, 0.29) is 62.4 Å². The highest BCUT2D eigenvalue weighted by Crippen LogP contribution is 2.36. The summed E-state index contributed by atoms with van der Waals surface area (Å²) in [6.07, 6.45) is 0. The Morgan fingerprint density at radius 1 is 0.436 bits per heavy atom. The molecule has 0 saturated carbocycles. The summed E-state index contributed by atoms with van der Waals surface area (Å²) in [5.74, 6) is -1.64. The molecule has 0 radical (unpaired) electrons. The fraction of sp³-hybridized carbons (Fsp3) is 0.0952. The van der Waals surface area contributed by atoms with Gasteiger partial charge in [0.1, 0.15) is 28.7 Å². The van der Waals surface area contributed by atoms with Gasteiger partial charge in [0, 0.05) is 29.1 Å². The van der Waals surface area contributed by atoms with Crippen LogP contribution in [0.25, 0.3) is 10.8 Å². The van der Waals surface area contributed by atoms with Gasteiger partial charge in [-0.05, 0) is 71.4 Å². The summed E-state index contributed by atoms with van der Waals surface area (Å²) in [6.45, 7) is 0. The Kier molecular flexibility index (Phi) is 11.1. The van der Waals surface area contributed by atoms with Crippen LogP contribution in [0.5, 0.6) is 28.7 Å². The van der Waals surface area contributed by atoms with E-state index in [1.165, 1.54) is 64.8 Å². The van der Waals surface area contributed by atoms with Crippen molar-refractivity contribution in [3.8, 4) is 28.7 Å². The number of hydrogen-bond donors (Lipinski definition) is 5. The highest BCUT2D eigenvalue weighted by Gasteiger charge is 2.22. The number of ether oxygens (including phenoxy) is 4. The molecule has 0 fully saturated rings. The zero-order valence-electron chi connectivity index (χ0n) is 30.2. The summed E-state index contributed by atoms with van der Waals surface area (Å²) >= 11 is 0. The second kappa shape index (κ2) is 16.4. The van der Waals surface area contributed by atoms with Crippen LogP contribution in [-0.2, 0) is 0 Å². The third-order valence-corrected chi connectivity index (χ3v) is 8.55. The molecule has 4 amide bonds. The van der Waals surface area contributed by atoms with Crippen molar-refractivity contribution in [3.05, 3.63) is 138 Å². The molecule has 6 rings (SSSR count). The topological polar surface area (TPSA) is 174 Å². The summed E-state index contributed by atoms with van der Waals surface area (Å²) in [5.41, 5.74) is 2.10. The number of phenolic OH excluding ortho intramolecular Hbond substituents is 1. The number of benzene rings is 6. The van der Waals surface area contributed by atoms with Crippen LogP contribution in [0.3, 0.4) is 0 Å². The predicted octanol–water partition coefficient (Wildman–Crippen LogP) is 7.59. The van der Waals surface area contributed by atoms with E-state index in [2.05, 4.69) is 21.3 Å². The number of methoxy groups -OCH3 is 4. The highest BCUT2D eigenvalue weighted by molar-refractivity contribution is 6.13. The fourth-order valence-corrected chi connectivity index (χ4v) is 5.78. The van der Waals surface area contributed by atoms with Gasteiger partial charge in [0.2, 0.25) is 0 Å². The molecule has 0 aliphatic heterocycles. The van der Waals surface area contributed by atoms with Gasteiger partial charge in [-0.15, -0.1) is 0 Å². The Balaban J connectivity index is 1.23. The Morgan fingerprint density at radius 2 is 0.891 bits per heavy atom. The van der Waals surface area contributed by atoms with Crippen LogP contribution >= 0.6 is 0 Å². The molecule has 6 aromatic carbocycles. The third kappa shape index (κ3) is 8.26. The number of anilines is 4. The monoisotopic (exact) mass is 740 g/mol. The number of para-hydroxylation sites is 2. The van der Waals surface area contributed by atoms with Gasteiger partial charge < -0.3 is 45.3 Å². The van der Waals surface area contributed by atoms with Gasteiger partial charge in [-0.3, -0.25) is 19.2 Å². The van der Waals surface area contributed by atoms with Crippen molar-refractivity contribution < 1.29 is 43.2 Å². The Labute approximate surface area is 315 Å². The Hall–Kier alpha value is -7.54. The van der Waals surface area contributed by atoms with Gasteiger partial charge in [-0.2, -0.15) is 0 Å². The molecule has 0 saturated heterocycles. The zero-order valence-corrected chi connectivity index (χ0v) is 30.2. The average Bonchev–Trinajstić information content (AvgIpc) is 3.20. The number of hydrogen-bond acceptors (Lipinski definition) is 9. The first-order chi connectivity index (χ1) is 26.6. The normalized spacial score (nSPS) is 10.5. The number of aromatic hydroxyl groups is 1. The molecule has 55 heavy (non-hydrogen) atoms. The molecule has 0 aliphatic rings. The van der Waals surface area contributed by atoms with E-state index in [0.29, 0.717) is 22.1 Å². The number of nitrogens with one attached hydrogen (secondary N) is 4. The molecule has 0 bridgehead atoms. The number of carbonyl (C=O) groups is 4. The summed E-state index contributed by atoms with van der Waals surface area (Å²) in [7, 11) is 5.60. The van der Waals surface area contributed by atoms with Crippen LogP contribution in [0.1, 0.15) is 41.4 Å². The summed E-state index contributed by atoms with van der Waals surface area (Å²) in [5, 5.41) is 23.0.